The molecule has 0 aromatic heterocycles. The van der Waals surface area contributed by atoms with E-state index < -0.39 is 0 Å². The Morgan fingerprint density at radius 1 is 1.10 bits per heavy atom. The van der Waals surface area contributed by atoms with E-state index in [0.717, 1.165) is 18.6 Å². The third-order valence-corrected chi connectivity index (χ3v) is 2.82. The Morgan fingerprint density at radius 2 is 1.90 bits per heavy atom. The van der Waals surface area contributed by atoms with Crippen molar-refractivity contribution in [2.45, 2.75) is 31.7 Å². The van der Waals surface area contributed by atoms with Crippen molar-refractivity contribution in [2.24, 2.45) is 5.92 Å². The molecule has 1 aliphatic carbocycles. The average molecular weight is 140 g/mol. The maximum absolute atomic E-state index is 3.49. The summed E-state index contributed by atoms with van der Waals surface area (Å²) in [6.07, 6.45) is 5.84. The van der Waals surface area contributed by atoms with E-state index in [4.69, 9.17) is 0 Å². The predicted molar refractivity (Wildman–Crippen MR) is 41.8 cm³/mol. The van der Waals surface area contributed by atoms with E-state index >= 15 is 0 Å². The van der Waals surface area contributed by atoms with Crippen molar-refractivity contribution in [1.29, 1.82) is 0 Å². The molecule has 2 nitrogen and oxygen atoms in total. The molecule has 1 atom stereocenters. The molecule has 0 amide bonds. The van der Waals surface area contributed by atoms with Crippen LogP contribution in [0.2, 0.25) is 0 Å². The van der Waals surface area contributed by atoms with Crippen LogP contribution in [0.5, 0.6) is 0 Å². The predicted octanol–water partition coefficient (Wildman–Crippen LogP) is 0.696. The van der Waals surface area contributed by atoms with Gasteiger partial charge < -0.3 is 10.6 Å². The Kier molecular flexibility index (Phi) is 1.91. The summed E-state index contributed by atoms with van der Waals surface area (Å²) in [6, 6.07) is 0.794. The molecule has 2 aliphatic rings. The van der Waals surface area contributed by atoms with Crippen LogP contribution in [0, 0.1) is 5.92 Å². The summed E-state index contributed by atoms with van der Waals surface area (Å²) in [5.41, 5.74) is 0. The van der Waals surface area contributed by atoms with E-state index in [9.17, 15) is 0 Å². The SMILES string of the molecule is C1CCC(C2CNCN2)C1. The first kappa shape index (κ1) is 6.62. The van der Waals surface area contributed by atoms with E-state index in [0.29, 0.717) is 0 Å². The molecule has 2 rings (SSSR count). The molecule has 1 heterocycles. The lowest BCUT2D eigenvalue weighted by Gasteiger charge is -2.16. The first-order valence-electron chi connectivity index (χ1n) is 4.41. The normalized spacial score (nSPS) is 35.4. The molecule has 2 heteroatoms. The number of nitrogens with one attached hydrogen (secondary N) is 2. The van der Waals surface area contributed by atoms with Crippen LogP contribution in [-0.2, 0) is 0 Å². The fourth-order valence-electron chi connectivity index (χ4n) is 2.20. The molecule has 1 aliphatic heterocycles. The summed E-state index contributed by atoms with van der Waals surface area (Å²) in [5.74, 6) is 0.981. The van der Waals surface area contributed by atoms with Gasteiger partial charge in [0.2, 0.25) is 0 Å². The molecule has 0 aromatic rings. The summed E-state index contributed by atoms with van der Waals surface area (Å²) in [5, 5.41) is 6.83. The highest BCUT2D eigenvalue weighted by Crippen LogP contribution is 2.27. The summed E-state index contributed by atoms with van der Waals surface area (Å²) in [4.78, 5) is 0. The molecule has 0 bridgehead atoms. The van der Waals surface area contributed by atoms with Crippen LogP contribution in [-0.4, -0.2) is 19.3 Å². The fourth-order valence-corrected chi connectivity index (χ4v) is 2.20. The molecule has 2 N–H and O–H groups in total. The van der Waals surface area contributed by atoms with Gasteiger partial charge in [0.1, 0.15) is 0 Å². The van der Waals surface area contributed by atoms with Crippen LogP contribution >= 0.6 is 0 Å². The van der Waals surface area contributed by atoms with Crippen LogP contribution in [0.4, 0.5) is 0 Å². The monoisotopic (exact) mass is 140 g/mol. The van der Waals surface area contributed by atoms with Gasteiger partial charge in [0.15, 0.2) is 0 Å². The lowest BCUT2D eigenvalue weighted by Crippen LogP contribution is -2.30. The number of hydrogen-bond donors (Lipinski definition) is 2. The molecule has 0 radical (unpaired) electrons. The molecule has 0 aromatic carbocycles. The minimum absolute atomic E-state index is 0.794. The van der Waals surface area contributed by atoms with Crippen molar-refractivity contribution in [3.63, 3.8) is 0 Å². The van der Waals surface area contributed by atoms with Crippen molar-refractivity contribution in [3.8, 4) is 0 Å². The zero-order valence-corrected chi connectivity index (χ0v) is 6.40. The molecular weight excluding hydrogens is 124 g/mol. The van der Waals surface area contributed by atoms with Gasteiger partial charge in [0, 0.05) is 19.3 Å². The quantitative estimate of drug-likeness (QED) is 0.560. The Morgan fingerprint density at radius 3 is 2.50 bits per heavy atom. The molecule has 0 spiro atoms. The first-order chi connectivity index (χ1) is 4.97. The lowest BCUT2D eigenvalue weighted by atomic mass is 9.99. The average Bonchev–Trinajstić information content (AvgIpc) is 2.59. The smallest absolute Gasteiger partial charge is 0.0457 e. The summed E-state index contributed by atoms with van der Waals surface area (Å²) < 4.78 is 0. The maximum atomic E-state index is 3.49. The van der Waals surface area contributed by atoms with Gasteiger partial charge in [-0.2, -0.15) is 0 Å². The van der Waals surface area contributed by atoms with Crippen molar-refractivity contribution in [1.82, 2.24) is 10.6 Å². The van der Waals surface area contributed by atoms with Gasteiger partial charge in [-0.15, -0.1) is 0 Å². The molecule has 2 fully saturated rings. The van der Waals surface area contributed by atoms with Crippen LogP contribution in [0.3, 0.4) is 0 Å². The molecular formula is C8H16N2. The fraction of sp³-hybridized carbons (Fsp3) is 1.00. The number of hydrogen-bond acceptors (Lipinski definition) is 2. The second-order valence-corrected chi connectivity index (χ2v) is 3.49. The Hall–Kier alpha value is -0.0800. The van der Waals surface area contributed by atoms with Gasteiger partial charge in [-0.3, -0.25) is 0 Å². The zero-order chi connectivity index (χ0) is 6.81. The molecule has 1 saturated heterocycles. The molecule has 1 unspecified atom stereocenters. The van der Waals surface area contributed by atoms with Gasteiger partial charge >= 0.3 is 0 Å². The zero-order valence-electron chi connectivity index (χ0n) is 6.40. The second-order valence-electron chi connectivity index (χ2n) is 3.49. The van der Waals surface area contributed by atoms with Gasteiger partial charge in [0.25, 0.3) is 0 Å². The lowest BCUT2D eigenvalue weighted by molar-refractivity contribution is 0.414. The molecule has 10 heavy (non-hydrogen) atoms. The summed E-state index contributed by atoms with van der Waals surface area (Å²) >= 11 is 0. The van der Waals surface area contributed by atoms with Crippen molar-refractivity contribution < 1.29 is 0 Å². The third kappa shape index (κ3) is 1.18. The van der Waals surface area contributed by atoms with Gasteiger partial charge in [-0.1, -0.05) is 12.8 Å². The van der Waals surface area contributed by atoms with Gasteiger partial charge in [0.05, 0.1) is 0 Å². The van der Waals surface area contributed by atoms with E-state index in [-0.39, 0.29) is 0 Å². The molecule has 58 valence electrons. The third-order valence-electron chi connectivity index (χ3n) is 2.82. The van der Waals surface area contributed by atoms with E-state index in [1.807, 2.05) is 0 Å². The Labute approximate surface area is 62.4 Å². The largest absolute Gasteiger partial charge is 0.303 e. The highest BCUT2D eigenvalue weighted by molar-refractivity contribution is 4.85. The van der Waals surface area contributed by atoms with Crippen LogP contribution in [0.25, 0.3) is 0 Å². The summed E-state index contributed by atoms with van der Waals surface area (Å²) in [6.45, 7) is 2.23. The van der Waals surface area contributed by atoms with Crippen LogP contribution in [0.1, 0.15) is 25.7 Å². The van der Waals surface area contributed by atoms with Crippen molar-refractivity contribution >= 4 is 0 Å². The van der Waals surface area contributed by atoms with Crippen molar-refractivity contribution in [3.05, 3.63) is 0 Å². The van der Waals surface area contributed by atoms with Gasteiger partial charge in [-0.25, -0.2) is 0 Å². The number of rotatable bonds is 1. The van der Waals surface area contributed by atoms with Crippen molar-refractivity contribution in [2.75, 3.05) is 13.2 Å². The standard InChI is InChI=1S/C8H16N2/c1-2-4-7(3-1)8-5-9-6-10-8/h7-10H,1-6H2. The minimum Gasteiger partial charge on any atom is -0.303 e. The van der Waals surface area contributed by atoms with Crippen LogP contribution < -0.4 is 10.6 Å². The highest BCUT2D eigenvalue weighted by atomic mass is 15.2. The maximum Gasteiger partial charge on any atom is 0.0457 e. The highest BCUT2D eigenvalue weighted by Gasteiger charge is 2.26. The summed E-state index contributed by atoms with van der Waals surface area (Å²) in [7, 11) is 0. The second kappa shape index (κ2) is 2.89. The Bertz CT molecular complexity index is 87.8. The topological polar surface area (TPSA) is 24.1 Å². The van der Waals surface area contributed by atoms with Gasteiger partial charge in [-0.05, 0) is 18.8 Å². The Balaban J connectivity index is 1.85. The van der Waals surface area contributed by atoms with E-state index in [1.165, 1.54) is 32.2 Å². The van der Waals surface area contributed by atoms with E-state index in [1.54, 1.807) is 0 Å². The first-order valence-corrected chi connectivity index (χ1v) is 4.41. The van der Waals surface area contributed by atoms with E-state index in [2.05, 4.69) is 10.6 Å². The minimum atomic E-state index is 0.794. The molecule has 1 saturated carbocycles. The van der Waals surface area contributed by atoms with Crippen LogP contribution in [0.15, 0.2) is 0 Å².